The Balaban J connectivity index is 0.00000289. The van der Waals surface area contributed by atoms with Crippen molar-refractivity contribution >= 4 is 48.7 Å². The van der Waals surface area contributed by atoms with Crippen molar-refractivity contribution in [1.29, 1.82) is 0 Å². The molecule has 0 aliphatic heterocycles. The summed E-state index contributed by atoms with van der Waals surface area (Å²) < 4.78 is 34.9. The van der Waals surface area contributed by atoms with Crippen molar-refractivity contribution in [1.82, 2.24) is 0 Å². The molecule has 0 saturated carbocycles. The van der Waals surface area contributed by atoms with Crippen molar-refractivity contribution in [3.8, 4) is 11.5 Å². The third kappa shape index (κ3) is 4.52. The zero-order valence-corrected chi connectivity index (χ0v) is 20.4. The van der Waals surface area contributed by atoms with Gasteiger partial charge in [0.05, 0.1) is 9.82 Å². The molecular formula is C20H12KN3O7S. The van der Waals surface area contributed by atoms with Gasteiger partial charge in [0.25, 0.3) is 5.69 Å². The summed E-state index contributed by atoms with van der Waals surface area (Å²) in [4.78, 5) is 9.52. The average molecular weight is 477 g/mol. The van der Waals surface area contributed by atoms with Gasteiger partial charge in [0.2, 0.25) is 0 Å². The summed E-state index contributed by atoms with van der Waals surface area (Å²) >= 11 is 0. The van der Waals surface area contributed by atoms with Crippen LogP contribution >= 0.6 is 0 Å². The van der Waals surface area contributed by atoms with Crippen LogP contribution in [0.5, 0.6) is 11.5 Å². The topological polar surface area (TPSA) is 166 Å². The number of non-ortho nitro benzene ring substituents is 1. The first-order valence-electron chi connectivity index (χ1n) is 8.69. The molecule has 2 N–H and O–H groups in total. The third-order valence-corrected chi connectivity index (χ3v) is 5.52. The summed E-state index contributed by atoms with van der Waals surface area (Å²) in [5, 5.41) is 40.6. The van der Waals surface area contributed by atoms with Crippen LogP contribution in [-0.2, 0) is 10.1 Å². The Kier molecular flexibility index (Phi) is 6.95. The van der Waals surface area contributed by atoms with Gasteiger partial charge in [-0.2, -0.15) is 0 Å². The number of fused-ring (bicyclic) bond motifs is 2. The SMILES string of the molecule is O=[N+]([O-])c1ccc2c(N=Nc3c(O)ccc4ccccc34)c(O)cc(S(=O)(=O)[O-])c2c1.[K+]. The van der Waals surface area contributed by atoms with E-state index in [0.717, 1.165) is 17.5 Å². The molecule has 0 unspecified atom stereocenters. The second kappa shape index (κ2) is 9.19. The first kappa shape index (κ1) is 24.2. The van der Waals surface area contributed by atoms with Crippen molar-refractivity contribution in [2.75, 3.05) is 0 Å². The number of nitro benzene ring substituents is 1. The molecule has 32 heavy (non-hydrogen) atoms. The number of azo groups is 1. The Labute approximate surface area is 223 Å². The monoisotopic (exact) mass is 477 g/mol. The van der Waals surface area contributed by atoms with E-state index in [4.69, 9.17) is 0 Å². The van der Waals surface area contributed by atoms with E-state index in [9.17, 15) is 33.3 Å². The number of benzene rings is 4. The smallest absolute Gasteiger partial charge is 0.744 e. The maximum absolute atomic E-state index is 11.6. The second-order valence-corrected chi connectivity index (χ2v) is 7.89. The van der Waals surface area contributed by atoms with Gasteiger partial charge in [-0.25, -0.2) is 8.42 Å². The number of nitro groups is 1. The molecule has 0 aliphatic rings. The van der Waals surface area contributed by atoms with Crippen molar-refractivity contribution in [3.05, 3.63) is 70.8 Å². The molecule has 0 saturated heterocycles. The average Bonchev–Trinajstić information content (AvgIpc) is 2.72. The number of phenols is 2. The zero-order chi connectivity index (χ0) is 22.3. The first-order valence-corrected chi connectivity index (χ1v) is 10.1. The van der Waals surface area contributed by atoms with Crippen LogP contribution in [0.1, 0.15) is 0 Å². The Bertz CT molecular complexity index is 1520. The number of rotatable bonds is 4. The van der Waals surface area contributed by atoms with E-state index in [1.54, 1.807) is 30.3 Å². The van der Waals surface area contributed by atoms with E-state index in [1.807, 2.05) is 0 Å². The number of phenolic OH excluding ortho intramolecular Hbond substituents is 2. The van der Waals surface area contributed by atoms with Crippen LogP contribution in [0.2, 0.25) is 0 Å². The molecule has 4 rings (SSSR count). The van der Waals surface area contributed by atoms with E-state index >= 15 is 0 Å². The standard InChI is InChI=1S/C20H13N3O7S.K/c24-16-8-5-11-3-1-2-4-13(11)19(16)21-22-20-14-7-6-12(23(26)27)9-15(14)18(10-17(20)25)31(28,29)30;/h1-10,24-25H,(H,28,29,30);/q;+1/p-1. The van der Waals surface area contributed by atoms with Gasteiger partial charge in [-0.1, -0.05) is 30.3 Å². The minimum absolute atomic E-state index is 0. The predicted octanol–water partition coefficient (Wildman–Crippen LogP) is 1.64. The van der Waals surface area contributed by atoms with Crippen LogP contribution in [0, 0.1) is 10.1 Å². The molecule has 0 radical (unpaired) electrons. The van der Waals surface area contributed by atoms with E-state index in [1.165, 1.54) is 12.1 Å². The summed E-state index contributed by atoms with van der Waals surface area (Å²) in [6.07, 6.45) is 0. The number of hydrogen-bond donors (Lipinski definition) is 2. The molecule has 0 bridgehead atoms. The molecule has 0 heterocycles. The van der Waals surface area contributed by atoms with Gasteiger partial charge in [0, 0.05) is 34.4 Å². The quantitative estimate of drug-likeness (QED) is 0.148. The van der Waals surface area contributed by atoms with Crippen LogP contribution in [0.15, 0.2) is 75.8 Å². The molecule has 0 aliphatic carbocycles. The zero-order valence-electron chi connectivity index (χ0n) is 16.5. The molecule has 4 aromatic carbocycles. The normalized spacial score (nSPS) is 11.7. The summed E-state index contributed by atoms with van der Waals surface area (Å²) in [5.41, 5.74) is -0.560. The maximum Gasteiger partial charge on any atom is 1.00 e. The van der Waals surface area contributed by atoms with Gasteiger partial charge in [-0.15, -0.1) is 10.2 Å². The molecule has 0 aromatic heterocycles. The summed E-state index contributed by atoms with van der Waals surface area (Å²) in [6, 6.07) is 14.0. The fourth-order valence-electron chi connectivity index (χ4n) is 3.23. The van der Waals surface area contributed by atoms with E-state index < -0.39 is 31.4 Å². The molecule has 156 valence electrons. The van der Waals surface area contributed by atoms with E-state index in [0.29, 0.717) is 11.5 Å². The van der Waals surface area contributed by atoms with Crippen molar-refractivity contribution in [2.24, 2.45) is 10.2 Å². The second-order valence-electron chi connectivity index (χ2n) is 6.54. The van der Waals surface area contributed by atoms with Crippen LogP contribution in [-0.4, -0.2) is 28.1 Å². The van der Waals surface area contributed by atoms with Crippen molar-refractivity contribution in [2.45, 2.75) is 4.90 Å². The fourth-order valence-corrected chi connectivity index (χ4v) is 3.92. The number of nitrogens with zero attached hydrogens (tertiary/aromatic N) is 3. The summed E-state index contributed by atoms with van der Waals surface area (Å²) in [5.74, 6) is -0.847. The molecule has 0 amide bonds. The Morgan fingerprint density at radius 1 is 0.812 bits per heavy atom. The van der Waals surface area contributed by atoms with Gasteiger partial charge in [0.15, 0.2) is 0 Å². The van der Waals surface area contributed by atoms with Gasteiger partial charge >= 0.3 is 51.4 Å². The predicted molar refractivity (Wildman–Crippen MR) is 110 cm³/mol. The Morgan fingerprint density at radius 2 is 1.47 bits per heavy atom. The number of aromatic hydroxyl groups is 2. The van der Waals surface area contributed by atoms with Crippen LogP contribution < -0.4 is 51.4 Å². The van der Waals surface area contributed by atoms with Gasteiger partial charge in [-0.3, -0.25) is 10.1 Å². The number of hydrogen-bond acceptors (Lipinski definition) is 9. The minimum atomic E-state index is -5.06. The first-order chi connectivity index (χ1) is 14.7. The molecule has 0 fully saturated rings. The van der Waals surface area contributed by atoms with Gasteiger partial charge < -0.3 is 14.8 Å². The molecule has 12 heteroatoms. The van der Waals surface area contributed by atoms with Crippen LogP contribution in [0.25, 0.3) is 21.5 Å². The van der Waals surface area contributed by atoms with E-state index in [-0.39, 0.29) is 79.3 Å². The molecule has 0 atom stereocenters. The van der Waals surface area contributed by atoms with Crippen molar-refractivity contribution in [3.63, 3.8) is 0 Å². The molecular weight excluding hydrogens is 465 g/mol. The fraction of sp³-hybridized carbons (Fsp3) is 0. The minimum Gasteiger partial charge on any atom is -0.744 e. The molecule has 4 aromatic rings. The summed E-state index contributed by atoms with van der Waals surface area (Å²) in [7, 11) is -5.06. The molecule has 10 nitrogen and oxygen atoms in total. The molecule has 0 spiro atoms. The summed E-state index contributed by atoms with van der Waals surface area (Å²) in [6.45, 7) is 0. The Hall–Kier alpha value is -2.45. The van der Waals surface area contributed by atoms with E-state index in [2.05, 4.69) is 10.2 Å². The van der Waals surface area contributed by atoms with Crippen LogP contribution in [0.3, 0.4) is 0 Å². The van der Waals surface area contributed by atoms with Crippen molar-refractivity contribution < 1.29 is 79.5 Å². The maximum atomic E-state index is 11.6. The van der Waals surface area contributed by atoms with Gasteiger partial charge in [0.1, 0.15) is 33.0 Å². The van der Waals surface area contributed by atoms with Crippen LogP contribution in [0.4, 0.5) is 17.1 Å². The Morgan fingerprint density at radius 3 is 2.12 bits per heavy atom. The largest absolute Gasteiger partial charge is 1.00 e. The third-order valence-electron chi connectivity index (χ3n) is 4.64. The van der Waals surface area contributed by atoms with Gasteiger partial charge in [-0.05, 0) is 17.5 Å².